The number of rotatable bonds is 6. The molecule has 4 aliphatic rings. The summed E-state index contributed by atoms with van der Waals surface area (Å²) in [6.07, 6.45) is -3.43. The van der Waals surface area contributed by atoms with Crippen molar-refractivity contribution >= 4 is 11.8 Å². The number of hydrogen-bond donors (Lipinski definition) is 2. The van der Waals surface area contributed by atoms with Gasteiger partial charge in [0.25, 0.3) is 0 Å². The Hall–Kier alpha value is -1.35. The molecule has 6 nitrogen and oxygen atoms in total. The summed E-state index contributed by atoms with van der Waals surface area (Å²) in [7, 11) is 0. The Bertz CT molecular complexity index is 497. The predicted molar refractivity (Wildman–Crippen MR) is 71.2 cm³/mol. The maximum Gasteiger partial charge on any atom is 0.522 e. The minimum Gasteiger partial charge on any atom is -0.368 e. The van der Waals surface area contributed by atoms with Gasteiger partial charge >= 0.3 is 6.36 Å². The zero-order valence-electron chi connectivity index (χ0n) is 12.7. The van der Waals surface area contributed by atoms with Crippen LogP contribution in [-0.2, 0) is 19.1 Å². The Morgan fingerprint density at radius 1 is 1.09 bits per heavy atom. The third-order valence-electron chi connectivity index (χ3n) is 4.68. The molecule has 0 aromatic carbocycles. The molecule has 0 spiro atoms. The van der Waals surface area contributed by atoms with Crippen molar-refractivity contribution in [2.24, 2.45) is 0 Å². The average Bonchev–Trinajstić information content (AvgIpc) is 2.25. The van der Waals surface area contributed by atoms with E-state index in [4.69, 9.17) is 4.74 Å². The first-order valence-electron chi connectivity index (χ1n) is 7.55. The molecule has 23 heavy (non-hydrogen) atoms. The van der Waals surface area contributed by atoms with Crippen LogP contribution >= 0.6 is 0 Å². The van der Waals surface area contributed by atoms with E-state index in [1.165, 1.54) is 6.92 Å². The minimum absolute atomic E-state index is 0.0754. The number of nitrogens with one attached hydrogen (secondary N) is 2. The second-order valence-electron chi connectivity index (χ2n) is 6.91. The smallest absolute Gasteiger partial charge is 0.368 e. The second kappa shape index (κ2) is 5.34. The van der Waals surface area contributed by atoms with Gasteiger partial charge in [0.1, 0.15) is 6.61 Å². The van der Waals surface area contributed by atoms with E-state index in [1.807, 2.05) is 0 Å². The molecule has 0 aromatic rings. The zero-order valence-corrected chi connectivity index (χ0v) is 12.7. The molecule has 2 amide bonds. The van der Waals surface area contributed by atoms with Gasteiger partial charge in [0, 0.05) is 30.8 Å². The molecule has 9 heteroatoms. The van der Waals surface area contributed by atoms with Gasteiger partial charge in [-0.05, 0) is 19.3 Å². The Kier molecular flexibility index (Phi) is 3.83. The zero-order chi connectivity index (χ0) is 16.9. The van der Waals surface area contributed by atoms with Crippen molar-refractivity contribution in [3.05, 3.63) is 0 Å². The highest BCUT2D eigenvalue weighted by Gasteiger charge is 2.69. The van der Waals surface area contributed by atoms with Gasteiger partial charge in [-0.1, -0.05) is 0 Å². The normalized spacial score (nSPS) is 37.9. The van der Waals surface area contributed by atoms with Crippen LogP contribution in [0.15, 0.2) is 0 Å². The van der Waals surface area contributed by atoms with E-state index in [9.17, 15) is 22.8 Å². The molecule has 0 radical (unpaired) electrons. The van der Waals surface area contributed by atoms with Gasteiger partial charge in [0.2, 0.25) is 11.8 Å². The predicted octanol–water partition coefficient (Wildman–Crippen LogP) is 0.998. The van der Waals surface area contributed by atoms with Crippen LogP contribution in [0.1, 0.15) is 39.0 Å². The fraction of sp³-hybridized carbons (Fsp3) is 0.857. The van der Waals surface area contributed by atoms with Crippen LogP contribution in [-0.4, -0.2) is 48.1 Å². The fourth-order valence-electron chi connectivity index (χ4n) is 3.89. The van der Waals surface area contributed by atoms with Crippen LogP contribution in [0, 0.1) is 0 Å². The first-order chi connectivity index (χ1) is 10.6. The number of alkyl halides is 3. The van der Waals surface area contributed by atoms with E-state index in [-0.39, 0.29) is 48.4 Å². The van der Waals surface area contributed by atoms with E-state index in [2.05, 4.69) is 15.4 Å². The quantitative estimate of drug-likeness (QED) is 0.759. The molecular weight excluding hydrogens is 317 g/mol. The van der Waals surface area contributed by atoms with E-state index >= 15 is 0 Å². The third kappa shape index (κ3) is 3.60. The molecule has 4 rings (SSSR count). The highest BCUT2D eigenvalue weighted by atomic mass is 19.4. The monoisotopic (exact) mass is 336 g/mol. The Morgan fingerprint density at radius 2 is 1.65 bits per heavy atom. The topological polar surface area (TPSA) is 76.7 Å². The first-order valence-corrected chi connectivity index (χ1v) is 7.55. The molecule has 2 bridgehead atoms. The van der Waals surface area contributed by atoms with Crippen molar-refractivity contribution in [3.63, 3.8) is 0 Å². The number of amides is 2. The lowest BCUT2D eigenvalue weighted by Crippen LogP contribution is -2.83. The van der Waals surface area contributed by atoms with Crippen molar-refractivity contribution in [2.75, 3.05) is 6.61 Å². The summed E-state index contributed by atoms with van der Waals surface area (Å²) in [6.45, 7) is 1.30. The van der Waals surface area contributed by atoms with Crippen LogP contribution in [0.3, 0.4) is 0 Å². The molecule has 0 aromatic heterocycles. The van der Waals surface area contributed by atoms with Gasteiger partial charge in [-0.3, -0.25) is 14.3 Å². The summed E-state index contributed by atoms with van der Waals surface area (Å²) in [4.78, 5) is 22.9. The van der Waals surface area contributed by atoms with Crippen molar-refractivity contribution in [1.82, 2.24) is 10.6 Å². The molecule has 0 heterocycles. The summed E-state index contributed by atoms with van der Waals surface area (Å²) < 4.78 is 45.0. The summed E-state index contributed by atoms with van der Waals surface area (Å²) >= 11 is 0. The lowest BCUT2D eigenvalue weighted by molar-refractivity contribution is -0.357. The van der Waals surface area contributed by atoms with Crippen LogP contribution in [0.2, 0.25) is 0 Å². The first kappa shape index (κ1) is 16.5. The molecule has 4 aliphatic carbocycles. The third-order valence-corrected chi connectivity index (χ3v) is 4.68. The maximum absolute atomic E-state index is 12.0. The number of ether oxygens (including phenoxy) is 2. The van der Waals surface area contributed by atoms with Crippen molar-refractivity contribution in [2.45, 2.75) is 68.7 Å². The summed E-state index contributed by atoms with van der Waals surface area (Å²) in [5.41, 5.74) is -0.402. The number of halogens is 3. The van der Waals surface area contributed by atoms with Gasteiger partial charge in [0.15, 0.2) is 0 Å². The summed E-state index contributed by atoms with van der Waals surface area (Å²) in [5, 5.41) is 5.77. The summed E-state index contributed by atoms with van der Waals surface area (Å²) in [6, 6.07) is 0. The molecule has 0 unspecified atom stereocenters. The lowest BCUT2D eigenvalue weighted by Gasteiger charge is -2.70. The van der Waals surface area contributed by atoms with Crippen LogP contribution in [0.5, 0.6) is 0 Å². The van der Waals surface area contributed by atoms with Gasteiger partial charge < -0.3 is 15.4 Å². The van der Waals surface area contributed by atoms with E-state index in [0.717, 1.165) is 19.3 Å². The molecule has 0 aliphatic heterocycles. The maximum atomic E-state index is 12.0. The van der Waals surface area contributed by atoms with Crippen LogP contribution in [0.4, 0.5) is 13.2 Å². The highest BCUT2D eigenvalue weighted by Crippen LogP contribution is 2.60. The second-order valence-corrected chi connectivity index (χ2v) is 6.91. The van der Waals surface area contributed by atoms with Crippen LogP contribution in [0.25, 0.3) is 0 Å². The van der Waals surface area contributed by atoms with Crippen molar-refractivity contribution in [3.8, 4) is 0 Å². The summed E-state index contributed by atoms with van der Waals surface area (Å²) in [5.74, 6) is -0.352. The Morgan fingerprint density at radius 3 is 2.17 bits per heavy atom. The van der Waals surface area contributed by atoms with Crippen molar-refractivity contribution < 1.29 is 32.2 Å². The number of hydrogen-bond acceptors (Lipinski definition) is 4. The van der Waals surface area contributed by atoms with Gasteiger partial charge in [0.05, 0.1) is 12.2 Å². The van der Waals surface area contributed by atoms with Gasteiger partial charge in [-0.15, -0.1) is 13.2 Å². The lowest BCUT2D eigenvalue weighted by atomic mass is 9.44. The Labute approximate surface area is 131 Å². The van der Waals surface area contributed by atoms with E-state index in [1.54, 1.807) is 0 Å². The molecule has 4 saturated carbocycles. The fourth-order valence-corrected chi connectivity index (χ4v) is 3.89. The largest absolute Gasteiger partial charge is 0.522 e. The number of carbonyl (C=O) groups excluding carboxylic acids is 2. The molecule has 130 valence electrons. The molecular formula is C14H19F3N2O4. The minimum atomic E-state index is -4.62. The average molecular weight is 336 g/mol. The van der Waals surface area contributed by atoms with E-state index < -0.39 is 12.5 Å². The van der Waals surface area contributed by atoms with E-state index in [0.29, 0.717) is 0 Å². The standard InChI is InChI=1S/C14H19F3N2O4/c1-8(20)18-12-5-13(6-12,7-12)19-11(21)4-22-9-2-10(3-9)23-14(15,16)17/h9-10H,2-7H2,1H3,(H,18,20)(H,19,21). The molecule has 0 atom stereocenters. The Balaban J connectivity index is 1.29. The van der Waals surface area contributed by atoms with Gasteiger partial charge in [-0.2, -0.15) is 0 Å². The molecule has 4 fully saturated rings. The highest BCUT2D eigenvalue weighted by molar-refractivity contribution is 5.80. The molecule has 2 N–H and O–H groups in total. The van der Waals surface area contributed by atoms with Crippen molar-refractivity contribution in [1.29, 1.82) is 0 Å². The SMILES string of the molecule is CC(=O)NC12CC(NC(=O)COC3CC(OC(F)(F)F)C3)(C1)C2. The molecule has 0 saturated heterocycles. The number of carbonyl (C=O) groups is 2. The van der Waals surface area contributed by atoms with Gasteiger partial charge in [-0.25, -0.2) is 0 Å². The van der Waals surface area contributed by atoms with Crippen LogP contribution < -0.4 is 10.6 Å².